The molecule has 0 unspecified atom stereocenters. The van der Waals surface area contributed by atoms with Crippen LogP contribution in [-0.2, 0) is 16.6 Å². The summed E-state index contributed by atoms with van der Waals surface area (Å²) in [7, 11) is -3.79. The van der Waals surface area contributed by atoms with Crippen LogP contribution in [0.15, 0.2) is 34.8 Å². The number of hydrogen-bond acceptors (Lipinski definition) is 5. The number of thiophene rings is 1. The molecular weight excluding hydrogens is 313 g/mol. The molecule has 0 saturated carbocycles. The normalized spacial score (nSPS) is 11.8. The zero-order valence-electron chi connectivity index (χ0n) is 11.6. The molecule has 114 valence electrons. The summed E-state index contributed by atoms with van der Waals surface area (Å²) in [5.74, 6) is -0.710. The Morgan fingerprint density at radius 3 is 2.86 bits per heavy atom. The third kappa shape index (κ3) is 4.23. The highest BCUT2D eigenvalue weighted by molar-refractivity contribution is 7.92. The molecule has 0 atom stereocenters. The van der Waals surface area contributed by atoms with Gasteiger partial charge in [-0.3, -0.25) is 9.71 Å². The molecule has 5 nitrogen and oxygen atoms in total. The van der Waals surface area contributed by atoms with Gasteiger partial charge in [0.1, 0.15) is 0 Å². The van der Waals surface area contributed by atoms with Crippen LogP contribution in [0.25, 0.3) is 0 Å². The number of anilines is 1. The summed E-state index contributed by atoms with van der Waals surface area (Å²) in [5, 5.41) is 4.75. The molecule has 0 bridgehead atoms. The molecule has 0 amide bonds. The largest absolute Gasteiger partial charge is 0.310 e. The lowest BCUT2D eigenvalue weighted by atomic mass is 10.4. The number of pyridine rings is 1. The molecule has 0 aliphatic carbocycles. The van der Waals surface area contributed by atoms with Crippen molar-refractivity contribution in [2.24, 2.45) is 0 Å². The molecule has 21 heavy (non-hydrogen) atoms. The minimum Gasteiger partial charge on any atom is -0.310 e. The van der Waals surface area contributed by atoms with Gasteiger partial charge in [0.25, 0.3) is 10.0 Å². The predicted octanol–water partition coefficient (Wildman–Crippen LogP) is 2.58. The number of sulfonamides is 1. The molecular formula is C13H16FN3O2S2. The zero-order valence-corrected chi connectivity index (χ0v) is 13.3. The fraction of sp³-hybridized carbons (Fsp3) is 0.308. The number of rotatable bonds is 6. The summed E-state index contributed by atoms with van der Waals surface area (Å²) in [5.41, 5.74) is -0.113. The molecule has 2 N–H and O–H groups in total. The molecule has 8 heteroatoms. The smallest absolute Gasteiger partial charge is 0.262 e. The van der Waals surface area contributed by atoms with Gasteiger partial charge >= 0.3 is 0 Å². The first-order valence-electron chi connectivity index (χ1n) is 6.31. The van der Waals surface area contributed by atoms with Gasteiger partial charge < -0.3 is 5.32 Å². The second-order valence-corrected chi connectivity index (χ2v) is 7.42. The first-order valence-corrected chi connectivity index (χ1v) is 8.68. The van der Waals surface area contributed by atoms with Crippen molar-refractivity contribution in [3.63, 3.8) is 0 Å². The van der Waals surface area contributed by atoms with Gasteiger partial charge in [-0.05, 0) is 12.1 Å². The highest BCUT2D eigenvalue weighted by Crippen LogP contribution is 2.23. The first-order chi connectivity index (χ1) is 9.88. The summed E-state index contributed by atoms with van der Waals surface area (Å²) in [6, 6.07) is 3.18. The number of nitrogens with zero attached hydrogens (tertiary/aromatic N) is 1. The van der Waals surface area contributed by atoms with Crippen LogP contribution >= 0.6 is 11.3 Å². The van der Waals surface area contributed by atoms with E-state index in [2.05, 4.69) is 15.0 Å². The van der Waals surface area contributed by atoms with E-state index in [1.165, 1.54) is 23.6 Å². The van der Waals surface area contributed by atoms with Crippen LogP contribution in [-0.4, -0.2) is 19.4 Å². The number of aromatic nitrogens is 1. The SMILES string of the molecule is CC(C)NCc1cc(S(=O)(=O)Nc2ccncc2F)cs1. The highest BCUT2D eigenvalue weighted by Gasteiger charge is 2.18. The number of nitrogens with one attached hydrogen (secondary N) is 2. The van der Waals surface area contributed by atoms with E-state index in [0.29, 0.717) is 12.6 Å². The van der Waals surface area contributed by atoms with Crippen molar-refractivity contribution in [3.8, 4) is 0 Å². The molecule has 2 heterocycles. The average molecular weight is 329 g/mol. The van der Waals surface area contributed by atoms with Crippen LogP contribution in [0, 0.1) is 5.82 Å². The van der Waals surface area contributed by atoms with Crippen molar-refractivity contribution in [1.29, 1.82) is 0 Å². The summed E-state index contributed by atoms with van der Waals surface area (Å²) in [4.78, 5) is 4.61. The van der Waals surface area contributed by atoms with Gasteiger partial charge in [-0.15, -0.1) is 11.3 Å². The van der Waals surface area contributed by atoms with Crippen LogP contribution in [0.4, 0.5) is 10.1 Å². The molecule has 0 spiro atoms. The third-order valence-electron chi connectivity index (χ3n) is 2.64. The fourth-order valence-electron chi connectivity index (χ4n) is 1.56. The summed E-state index contributed by atoms with van der Waals surface area (Å²) in [6.07, 6.45) is 2.29. The molecule has 0 aliphatic rings. The Morgan fingerprint density at radius 2 is 2.19 bits per heavy atom. The lowest BCUT2D eigenvalue weighted by Crippen LogP contribution is -2.21. The van der Waals surface area contributed by atoms with Crippen molar-refractivity contribution < 1.29 is 12.8 Å². The van der Waals surface area contributed by atoms with Gasteiger partial charge in [-0.2, -0.15) is 0 Å². The fourth-order valence-corrected chi connectivity index (χ4v) is 3.85. The lowest BCUT2D eigenvalue weighted by molar-refractivity contribution is 0.591. The molecule has 2 aromatic heterocycles. The second-order valence-electron chi connectivity index (χ2n) is 4.75. The Hall–Kier alpha value is -1.51. The number of halogens is 1. The van der Waals surface area contributed by atoms with Crippen LogP contribution in [0.2, 0.25) is 0 Å². The lowest BCUT2D eigenvalue weighted by Gasteiger charge is -2.07. The summed E-state index contributed by atoms with van der Waals surface area (Å²) in [6.45, 7) is 4.62. The van der Waals surface area contributed by atoms with Crippen LogP contribution in [0.1, 0.15) is 18.7 Å². The van der Waals surface area contributed by atoms with Gasteiger partial charge in [0.15, 0.2) is 5.82 Å². The van der Waals surface area contributed by atoms with Crippen LogP contribution in [0.5, 0.6) is 0 Å². The van der Waals surface area contributed by atoms with Crippen molar-refractivity contribution in [1.82, 2.24) is 10.3 Å². The molecule has 0 saturated heterocycles. The molecule has 0 aliphatic heterocycles. The van der Waals surface area contributed by atoms with Gasteiger partial charge in [-0.25, -0.2) is 12.8 Å². The van der Waals surface area contributed by atoms with E-state index in [9.17, 15) is 12.8 Å². The highest BCUT2D eigenvalue weighted by atomic mass is 32.2. The van der Waals surface area contributed by atoms with Crippen LogP contribution in [0.3, 0.4) is 0 Å². The zero-order chi connectivity index (χ0) is 15.5. The Kier molecular flexibility index (Phi) is 4.92. The number of hydrogen-bond donors (Lipinski definition) is 2. The topological polar surface area (TPSA) is 71.1 Å². The Balaban J connectivity index is 2.15. The molecule has 2 aromatic rings. The first kappa shape index (κ1) is 15.9. The summed E-state index contributed by atoms with van der Waals surface area (Å²) >= 11 is 1.35. The maximum Gasteiger partial charge on any atom is 0.262 e. The van der Waals surface area contributed by atoms with Gasteiger partial charge in [0.2, 0.25) is 0 Å². The van der Waals surface area contributed by atoms with E-state index >= 15 is 0 Å². The molecule has 0 aromatic carbocycles. The van der Waals surface area contributed by atoms with Crippen LogP contribution < -0.4 is 10.0 Å². The monoisotopic (exact) mass is 329 g/mol. The Bertz CT molecular complexity index is 714. The van der Waals surface area contributed by atoms with E-state index in [1.807, 2.05) is 13.8 Å². The van der Waals surface area contributed by atoms with Gasteiger partial charge in [0, 0.05) is 29.0 Å². The van der Waals surface area contributed by atoms with Gasteiger partial charge in [-0.1, -0.05) is 13.8 Å². The van der Waals surface area contributed by atoms with Crippen molar-refractivity contribution in [3.05, 3.63) is 40.6 Å². The Labute approximate surface area is 127 Å². The maximum absolute atomic E-state index is 13.5. The van der Waals surface area contributed by atoms with E-state index in [0.717, 1.165) is 11.1 Å². The molecule has 2 rings (SSSR count). The third-order valence-corrected chi connectivity index (χ3v) is 5.07. The standard InChI is InChI=1S/C13H16FN3O2S2/c1-9(2)16-6-10-5-11(8-20-10)21(18,19)17-13-3-4-15-7-12(13)14/h3-5,7-9,16H,6H2,1-2H3,(H,15,17). The molecule has 0 radical (unpaired) electrons. The minimum absolute atomic E-state index is 0.113. The van der Waals surface area contributed by atoms with Crippen molar-refractivity contribution in [2.45, 2.75) is 31.3 Å². The van der Waals surface area contributed by atoms with Crippen molar-refractivity contribution >= 4 is 27.0 Å². The average Bonchev–Trinajstić information content (AvgIpc) is 2.88. The van der Waals surface area contributed by atoms with Crippen molar-refractivity contribution in [2.75, 3.05) is 4.72 Å². The van der Waals surface area contributed by atoms with E-state index in [-0.39, 0.29) is 10.6 Å². The predicted molar refractivity (Wildman–Crippen MR) is 81.3 cm³/mol. The Morgan fingerprint density at radius 1 is 1.43 bits per heavy atom. The quantitative estimate of drug-likeness (QED) is 0.854. The van der Waals surface area contributed by atoms with E-state index in [1.54, 1.807) is 11.4 Å². The van der Waals surface area contributed by atoms with E-state index < -0.39 is 15.8 Å². The molecule has 0 fully saturated rings. The second kappa shape index (κ2) is 6.50. The van der Waals surface area contributed by atoms with Gasteiger partial charge in [0.05, 0.1) is 16.8 Å². The maximum atomic E-state index is 13.5. The van der Waals surface area contributed by atoms with E-state index in [4.69, 9.17) is 0 Å². The summed E-state index contributed by atoms with van der Waals surface area (Å²) < 4.78 is 40.1. The minimum atomic E-state index is -3.79.